The first-order chi connectivity index (χ1) is 7.52. The van der Waals surface area contributed by atoms with Crippen molar-refractivity contribution in [2.75, 3.05) is 13.6 Å². The van der Waals surface area contributed by atoms with E-state index in [1.165, 1.54) is 11.9 Å². The fraction of sp³-hybridized carbons (Fsp3) is 0.333. The average Bonchev–Trinajstić information content (AvgIpc) is 2.26. The van der Waals surface area contributed by atoms with Crippen molar-refractivity contribution in [2.45, 2.75) is 13.3 Å². The molecule has 0 aromatic heterocycles. The van der Waals surface area contributed by atoms with Crippen LogP contribution in [-0.4, -0.2) is 35.5 Å². The number of carbonyl (C=O) groups is 2. The molecule has 16 heavy (non-hydrogen) atoms. The van der Waals surface area contributed by atoms with E-state index in [1.54, 1.807) is 0 Å². The molecule has 1 amide bonds. The van der Waals surface area contributed by atoms with Crippen LogP contribution in [0.3, 0.4) is 0 Å². The Morgan fingerprint density at radius 3 is 2.50 bits per heavy atom. The van der Waals surface area contributed by atoms with Crippen molar-refractivity contribution in [3.05, 3.63) is 35.4 Å². The number of likely N-dealkylation sites (N-methyl/N-ethyl adjacent to an activating group) is 1. The van der Waals surface area contributed by atoms with E-state index in [0.717, 1.165) is 11.1 Å². The third-order valence-electron chi connectivity index (χ3n) is 2.51. The number of benzene rings is 1. The van der Waals surface area contributed by atoms with Crippen LogP contribution >= 0.6 is 0 Å². The Kier molecular flexibility index (Phi) is 4.05. The highest BCUT2D eigenvalue weighted by atomic mass is 16.4. The van der Waals surface area contributed by atoms with Crippen molar-refractivity contribution in [1.82, 2.24) is 4.90 Å². The van der Waals surface area contributed by atoms with Crippen LogP contribution in [0.2, 0.25) is 0 Å². The molecule has 1 N–H and O–H groups in total. The van der Waals surface area contributed by atoms with E-state index in [-0.39, 0.29) is 0 Å². The fourth-order valence-electron chi connectivity index (χ4n) is 1.44. The molecule has 0 spiro atoms. The van der Waals surface area contributed by atoms with Crippen molar-refractivity contribution in [3.8, 4) is 0 Å². The summed E-state index contributed by atoms with van der Waals surface area (Å²) in [4.78, 5) is 22.7. The van der Waals surface area contributed by atoms with E-state index >= 15 is 0 Å². The molecule has 0 aliphatic carbocycles. The molecular formula is C12H15NO3. The van der Waals surface area contributed by atoms with Gasteiger partial charge in [0.15, 0.2) is 0 Å². The number of aryl methyl sites for hydroxylation is 1. The van der Waals surface area contributed by atoms with Gasteiger partial charge in [0.1, 0.15) is 0 Å². The van der Waals surface area contributed by atoms with Gasteiger partial charge >= 0.3 is 11.9 Å². The third-order valence-corrected chi connectivity index (χ3v) is 2.51. The minimum absolute atomic E-state index is 0.413. The van der Waals surface area contributed by atoms with Gasteiger partial charge in [0, 0.05) is 13.6 Å². The van der Waals surface area contributed by atoms with Gasteiger partial charge in [-0.3, -0.25) is 4.79 Å². The summed E-state index contributed by atoms with van der Waals surface area (Å²) in [5, 5.41) is 8.51. The van der Waals surface area contributed by atoms with Crippen LogP contribution in [-0.2, 0) is 16.0 Å². The largest absolute Gasteiger partial charge is 0.474 e. The number of hydrogen-bond donors (Lipinski definition) is 1. The second-order valence-corrected chi connectivity index (χ2v) is 3.71. The van der Waals surface area contributed by atoms with Crippen LogP contribution in [0.4, 0.5) is 0 Å². The highest BCUT2D eigenvalue weighted by Crippen LogP contribution is 2.08. The van der Waals surface area contributed by atoms with Crippen LogP contribution in [0.1, 0.15) is 11.1 Å². The van der Waals surface area contributed by atoms with E-state index in [4.69, 9.17) is 5.11 Å². The standard InChI is InChI=1S/C12H15NO3/c1-9-5-3-4-6-10(9)7-8-13(2)11(14)12(15)16/h3-6H,7-8H2,1-2H3,(H,15,16). The van der Waals surface area contributed by atoms with E-state index < -0.39 is 11.9 Å². The number of hydrogen-bond acceptors (Lipinski definition) is 2. The van der Waals surface area contributed by atoms with Crippen LogP contribution in [0.15, 0.2) is 24.3 Å². The van der Waals surface area contributed by atoms with Crippen molar-refractivity contribution in [3.63, 3.8) is 0 Å². The molecule has 1 aromatic rings. The summed E-state index contributed by atoms with van der Waals surface area (Å²) >= 11 is 0. The van der Waals surface area contributed by atoms with Gasteiger partial charge in [-0.15, -0.1) is 0 Å². The number of carboxylic acids is 1. The molecule has 0 unspecified atom stereocenters. The van der Waals surface area contributed by atoms with E-state index in [0.29, 0.717) is 13.0 Å². The van der Waals surface area contributed by atoms with E-state index in [1.807, 2.05) is 31.2 Å². The topological polar surface area (TPSA) is 57.6 Å². The van der Waals surface area contributed by atoms with Crippen molar-refractivity contribution in [1.29, 1.82) is 0 Å². The highest BCUT2D eigenvalue weighted by molar-refractivity contribution is 6.31. The Labute approximate surface area is 94.5 Å². The maximum absolute atomic E-state index is 11.1. The first kappa shape index (κ1) is 12.2. The quantitative estimate of drug-likeness (QED) is 0.777. The van der Waals surface area contributed by atoms with Gasteiger partial charge in [-0.1, -0.05) is 24.3 Å². The molecule has 0 bridgehead atoms. The summed E-state index contributed by atoms with van der Waals surface area (Å²) in [7, 11) is 1.49. The summed E-state index contributed by atoms with van der Waals surface area (Å²) in [5.41, 5.74) is 2.28. The van der Waals surface area contributed by atoms with Crippen molar-refractivity contribution in [2.24, 2.45) is 0 Å². The number of carboxylic acid groups (broad SMARTS) is 1. The number of nitrogens with zero attached hydrogens (tertiary/aromatic N) is 1. The summed E-state index contributed by atoms with van der Waals surface area (Å²) in [6, 6.07) is 7.86. The highest BCUT2D eigenvalue weighted by Gasteiger charge is 2.16. The lowest BCUT2D eigenvalue weighted by Gasteiger charge is -2.15. The Hall–Kier alpha value is -1.84. The zero-order valence-electron chi connectivity index (χ0n) is 9.43. The molecule has 0 saturated carbocycles. The maximum atomic E-state index is 11.1. The Morgan fingerprint density at radius 2 is 1.94 bits per heavy atom. The average molecular weight is 221 g/mol. The number of amides is 1. The zero-order chi connectivity index (χ0) is 12.1. The molecule has 0 aliphatic rings. The number of aliphatic carboxylic acids is 1. The summed E-state index contributed by atoms with van der Waals surface area (Å²) in [6.45, 7) is 2.41. The molecular weight excluding hydrogens is 206 g/mol. The van der Waals surface area contributed by atoms with Crippen molar-refractivity contribution < 1.29 is 14.7 Å². The lowest BCUT2D eigenvalue weighted by molar-refractivity contribution is -0.155. The van der Waals surface area contributed by atoms with E-state index in [9.17, 15) is 9.59 Å². The molecule has 1 rings (SSSR count). The zero-order valence-corrected chi connectivity index (χ0v) is 9.43. The second kappa shape index (κ2) is 5.30. The summed E-state index contributed by atoms with van der Waals surface area (Å²) in [6.07, 6.45) is 0.669. The van der Waals surface area contributed by atoms with Gasteiger partial charge in [0.2, 0.25) is 0 Å². The first-order valence-electron chi connectivity index (χ1n) is 5.05. The van der Waals surface area contributed by atoms with Gasteiger partial charge in [-0.05, 0) is 24.5 Å². The SMILES string of the molecule is Cc1ccccc1CCN(C)C(=O)C(=O)O. The molecule has 0 heterocycles. The lowest BCUT2D eigenvalue weighted by atomic mass is 10.1. The third kappa shape index (κ3) is 3.08. The fourth-order valence-corrected chi connectivity index (χ4v) is 1.44. The second-order valence-electron chi connectivity index (χ2n) is 3.71. The predicted molar refractivity (Wildman–Crippen MR) is 60.2 cm³/mol. The van der Waals surface area contributed by atoms with Gasteiger partial charge in [-0.25, -0.2) is 4.79 Å². The van der Waals surface area contributed by atoms with Gasteiger partial charge in [0.05, 0.1) is 0 Å². The molecule has 0 fully saturated rings. The van der Waals surface area contributed by atoms with Gasteiger partial charge in [-0.2, -0.15) is 0 Å². The molecule has 0 radical (unpaired) electrons. The van der Waals surface area contributed by atoms with Crippen LogP contribution < -0.4 is 0 Å². The first-order valence-corrected chi connectivity index (χ1v) is 5.05. The van der Waals surface area contributed by atoms with Crippen LogP contribution in [0.5, 0.6) is 0 Å². The minimum atomic E-state index is -1.41. The van der Waals surface area contributed by atoms with Crippen LogP contribution in [0.25, 0.3) is 0 Å². The monoisotopic (exact) mass is 221 g/mol. The summed E-state index contributed by atoms with van der Waals surface area (Å²) in [5.74, 6) is -2.28. The molecule has 1 aromatic carbocycles. The molecule has 4 nitrogen and oxygen atoms in total. The number of carbonyl (C=O) groups excluding carboxylic acids is 1. The Bertz CT molecular complexity index is 401. The number of rotatable bonds is 3. The molecule has 0 aliphatic heterocycles. The van der Waals surface area contributed by atoms with Gasteiger partial charge in [0.25, 0.3) is 0 Å². The smallest absolute Gasteiger partial charge is 0.394 e. The molecule has 86 valence electrons. The maximum Gasteiger partial charge on any atom is 0.394 e. The Balaban J connectivity index is 2.55. The predicted octanol–water partition coefficient (Wildman–Crippen LogP) is 1.08. The summed E-state index contributed by atoms with van der Waals surface area (Å²) < 4.78 is 0. The van der Waals surface area contributed by atoms with Crippen LogP contribution in [0, 0.1) is 6.92 Å². The van der Waals surface area contributed by atoms with Crippen molar-refractivity contribution >= 4 is 11.9 Å². The molecule has 0 atom stereocenters. The normalized spacial score (nSPS) is 9.88. The molecule has 4 heteroatoms. The minimum Gasteiger partial charge on any atom is -0.474 e. The van der Waals surface area contributed by atoms with E-state index in [2.05, 4.69) is 0 Å². The van der Waals surface area contributed by atoms with Gasteiger partial charge < -0.3 is 10.0 Å². The lowest BCUT2D eigenvalue weighted by Crippen LogP contribution is -2.34. The Morgan fingerprint density at radius 1 is 1.31 bits per heavy atom. The molecule has 0 saturated heterocycles.